The highest BCUT2D eigenvalue weighted by molar-refractivity contribution is 6.17. The van der Waals surface area contributed by atoms with Gasteiger partial charge in [-0.2, -0.15) is 0 Å². The van der Waals surface area contributed by atoms with Crippen LogP contribution in [0.15, 0.2) is 0 Å². The molecule has 0 aliphatic heterocycles. The molecule has 0 unspecified atom stereocenters. The molecule has 0 bridgehead atoms. The predicted octanol–water partition coefficient (Wildman–Crippen LogP) is 2.70. The third kappa shape index (κ3) is 4.02. The summed E-state index contributed by atoms with van der Waals surface area (Å²) in [5.74, 6) is 6.65. The number of unbranched alkanes of at least 4 members (excludes halogenated alkanes) is 1. The smallest absolute Gasteiger partial charge is 0.125 e. The highest BCUT2D eigenvalue weighted by Gasteiger charge is 2.26. The van der Waals surface area contributed by atoms with Crippen LogP contribution in [-0.4, -0.2) is 16.6 Å². The normalized spacial score (nSPS) is 20.5. The molecule has 0 aromatic heterocycles. The molecule has 74 valence electrons. The van der Waals surface area contributed by atoms with Gasteiger partial charge in [0.25, 0.3) is 0 Å². The first kappa shape index (κ1) is 10.9. The van der Waals surface area contributed by atoms with Gasteiger partial charge in [-0.05, 0) is 32.1 Å². The molecule has 1 saturated carbocycles. The van der Waals surface area contributed by atoms with Crippen LogP contribution in [0.1, 0.15) is 44.9 Å². The van der Waals surface area contributed by atoms with E-state index in [4.69, 9.17) is 11.6 Å². The van der Waals surface area contributed by atoms with E-state index in [1.165, 1.54) is 6.42 Å². The summed E-state index contributed by atoms with van der Waals surface area (Å²) < 4.78 is 0. The van der Waals surface area contributed by atoms with Gasteiger partial charge in [0, 0.05) is 12.3 Å². The minimum atomic E-state index is -0.676. The number of rotatable bonds is 2. The Kier molecular flexibility index (Phi) is 4.62. The third-order valence-electron chi connectivity index (χ3n) is 2.44. The molecule has 1 fully saturated rings. The molecule has 1 aliphatic carbocycles. The second kappa shape index (κ2) is 5.52. The average Bonchev–Trinajstić information content (AvgIpc) is 2.14. The van der Waals surface area contributed by atoms with E-state index in [1.807, 2.05) is 0 Å². The first-order chi connectivity index (χ1) is 6.27. The summed E-state index contributed by atoms with van der Waals surface area (Å²) in [5.41, 5.74) is -0.676. The molecule has 0 radical (unpaired) electrons. The molecule has 2 heteroatoms. The molecule has 0 heterocycles. The van der Waals surface area contributed by atoms with Crippen LogP contribution in [0.2, 0.25) is 0 Å². The van der Waals surface area contributed by atoms with E-state index in [1.54, 1.807) is 0 Å². The number of hydrogen-bond donors (Lipinski definition) is 1. The topological polar surface area (TPSA) is 20.2 Å². The molecule has 1 nitrogen and oxygen atoms in total. The predicted molar refractivity (Wildman–Crippen MR) is 55.8 cm³/mol. The Morgan fingerprint density at radius 2 is 1.92 bits per heavy atom. The monoisotopic (exact) mass is 200 g/mol. The van der Waals surface area contributed by atoms with Gasteiger partial charge in [0.2, 0.25) is 0 Å². The van der Waals surface area contributed by atoms with Crippen molar-refractivity contribution in [1.82, 2.24) is 0 Å². The maximum Gasteiger partial charge on any atom is 0.125 e. The Labute approximate surface area is 85.5 Å². The first-order valence-corrected chi connectivity index (χ1v) is 5.59. The Hall–Kier alpha value is -0.190. The number of halogens is 1. The fourth-order valence-electron chi connectivity index (χ4n) is 1.64. The summed E-state index contributed by atoms with van der Waals surface area (Å²) in [6.07, 6.45) is 6.89. The summed E-state index contributed by atoms with van der Waals surface area (Å²) in [7, 11) is 0. The lowest BCUT2D eigenvalue weighted by Gasteiger charge is -2.26. The van der Waals surface area contributed by atoms with Crippen LogP contribution in [0.4, 0.5) is 0 Å². The summed E-state index contributed by atoms with van der Waals surface area (Å²) in [6.45, 7) is 0. The van der Waals surface area contributed by atoms with E-state index in [-0.39, 0.29) is 0 Å². The van der Waals surface area contributed by atoms with Crippen molar-refractivity contribution in [3.63, 3.8) is 0 Å². The van der Waals surface area contributed by atoms with Crippen LogP contribution in [0.5, 0.6) is 0 Å². The summed E-state index contributed by atoms with van der Waals surface area (Å²) in [5, 5.41) is 9.96. The van der Waals surface area contributed by atoms with E-state index >= 15 is 0 Å². The van der Waals surface area contributed by atoms with Crippen LogP contribution in [0, 0.1) is 11.8 Å². The Bertz CT molecular complexity index is 196. The highest BCUT2D eigenvalue weighted by atomic mass is 35.5. The molecule has 1 N–H and O–H groups in total. The van der Waals surface area contributed by atoms with Crippen LogP contribution in [0.25, 0.3) is 0 Å². The molecule has 0 aromatic rings. The fraction of sp³-hybridized carbons (Fsp3) is 0.818. The maximum absolute atomic E-state index is 9.96. The minimum absolute atomic E-state index is 0.660. The highest BCUT2D eigenvalue weighted by Crippen LogP contribution is 2.27. The largest absolute Gasteiger partial charge is 0.378 e. The first-order valence-electron chi connectivity index (χ1n) is 5.05. The molecule has 0 spiro atoms. The van der Waals surface area contributed by atoms with Crippen molar-refractivity contribution in [1.29, 1.82) is 0 Å². The zero-order valence-electron chi connectivity index (χ0n) is 7.98. The van der Waals surface area contributed by atoms with Crippen molar-refractivity contribution in [2.45, 2.75) is 50.5 Å². The lowest BCUT2D eigenvalue weighted by Crippen LogP contribution is -2.29. The summed E-state index contributed by atoms with van der Waals surface area (Å²) in [6, 6.07) is 0. The van der Waals surface area contributed by atoms with Crippen molar-refractivity contribution < 1.29 is 5.11 Å². The van der Waals surface area contributed by atoms with Gasteiger partial charge >= 0.3 is 0 Å². The molecular formula is C11H17ClO. The molecule has 0 amide bonds. The van der Waals surface area contributed by atoms with Crippen LogP contribution in [0.3, 0.4) is 0 Å². The molecular weight excluding hydrogens is 184 g/mol. The lowest BCUT2D eigenvalue weighted by atomic mass is 9.85. The Balaban J connectivity index is 2.33. The van der Waals surface area contributed by atoms with Gasteiger partial charge < -0.3 is 5.11 Å². The van der Waals surface area contributed by atoms with Crippen molar-refractivity contribution in [3.05, 3.63) is 0 Å². The Morgan fingerprint density at radius 1 is 1.23 bits per heavy atom. The van der Waals surface area contributed by atoms with Crippen molar-refractivity contribution in [3.8, 4) is 11.8 Å². The van der Waals surface area contributed by atoms with Gasteiger partial charge in [0.1, 0.15) is 5.60 Å². The van der Waals surface area contributed by atoms with Gasteiger partial charge in [-0.1, -0.05) is 12.3 Å². The van der Waals surface area contributed by atoms with Crippen molar-refractivity contribution in [2.24, 2.45) is 0 Å². The number of hydrogen-bond acceptors (Lipinski definition) is 1. The quantitative estimate of drug-likeness (QED) is 0.413. The molecule has 0 atom stereocenters. The van der Waals surface area contributed by atoms with E-state index in [0.717, 1.165) is 38.5 Å². The number of alkyl halides is 1. The second-order valence-corrected chi connectivity index (χ2v) is 4.06. The maximum atomic E-state index is 9.96. The zero-order valence-corrected chi connectivity index (χ0v) is 8.74. The average molecular weight is 201 g/mol. The zero-order chi connectivity index (χ0) is 9.57. The van der Waals surface area contributed by atoms with E-state index in [2.05, 4.69) is 11.8 Å². The van der Waals surface area contributed by atoms with Crippen LogP contribution < -0.4 is 0 Å². The fourth-order valence-corrected chi connectivity index (χ4v) is 1.78. The standard InChI is InChI=1S/C11H17ClO/c12-10-6-2-5-9-11(13)7-3-1-4-8-11/h13H,1-4,6-8,10H2. The summed E-state index contributed by atoms with van der Waals surface area (Å²) >= 11 is 5.53. The van der Waals surface area contributed by atoms with Crippen molar-refractivity contribution >= 4 is 11.6 Å². The van der Waals surface area contributed by atoms with Gasteiger partial charge in [-0.3, -0.25) is 0 Å². The van der Waals surface area contributed by atoms with E-state index in [9.17, 15) is 5.11 Å². The van der Waals surface area contributed by atoms with E-state index < -0.39 is 5.60 Å². The van der Waals surface area contributed by atoms with Gasteiger partial charge in [-0.15, -0.1) is 17.5 Å². The van der Waals surface area contributed by atoms with Crippen LogP contribution >= 0.6 is 11.6 Å². The summed E-state index contributed by atoms with van der Waals surface area (Å²) in [4.78, 5) is 0. The van der Waals surface area contributed by atoms with E-state index in [0.29, 0.717) is 5.88 Å². The minimum Gasteiger partial charge on any atom is -0.378 e. The molecule has 0 aromatic carbocycles. The van der Waals surface area contributed by atoms with Crippen molar-refractivity contribution in [2.75, 3.05) is 5.88 Å². The second-order valence-electron chi connectivity index (χ2n) is 3.69. The Morgan fingerprint density at radius 3 is 2.54 bits per heavy atom. The third-order valence-corrected chi connectivity index (χ3v) is 2.70. The molecule has 1 rings (SSSR count). The lowest BCUT2D eigenvalue weighted by molar-refractivity contribution is 0.0609. The SMILES string of the molecule is OC1(C#CCCCCl)CCCCC1. The van der Waals surface area contributed by atoms with Gasteiger partial charge in [-0.25, -0.2) is 0 Å². The molecule has 0 saturated heterocycles. The van der Waals surface area contributed by atoms with Gasteiger partial charge in [0.05, 0.1) is 0 Å². The molecule has 1 aliphatic rings. The number of aliphatic hydroxyl groups is 1. The van der Waals surface area contributed by atoms with Gasteiger partial charge in [0.15, 0.2) is 0 Å². The molecule has 13 heavy (non-hydrogen) atoms. The van der Waals surface area contributed by atoms with Crippen LogP contribution in [-0.2, 0) is 0 Å².